The van der Waals surface area contributed by atoms with Crippen molar-refractivity contribution in [1.82, 2.24) is 5.32 Å². The molecule has 0 aromatic heterocycles. The number of para-hydroxylation sites is 1. The van der Waals surface area contributed by atoms with Crippen LogP contribution in [0.15, 0.2) is 30.3 Å². The van der Waals surface area contributed by atoms with Crippen LogP contribution in [-0.2, 0) is 0 Å². The zero-order valence-corrected chi connectivity index (χ0v) is 9.95. The molecule has 2 nitrogen and oxygen atoms in total. The highest BCUT2D eigenvalue weighted by Gasteiger charge is 2.36. The lowest BCUT2D eigenvalue weighted by atomic mass is 9.74. The third-order valence-electron chi connectivity index (χ3n) is 4.55. The molecule has 1 aromatic carbocycles. The molecule has 1 aromatic rings. The Morgan fingerprint density at radius 1 is 1.18 bits per heavy atom. The topological polar surface area (TPSA) is 24.1 Å². The van der Waals surface area contributed by atoms with E-state index in [0.717, 1.165) is 11.8 Å². The quantitative estimate of drug-likeness (QED) is 0.710. The van der Waals surface area contributed by atoms with E-state index < -0.39 is 0 Å². The van der Waals surface area contributed by atoms with Gasteiger partial charge in [0.25, 0.3) is 0 Å². The molecule has 0 radical (unpaired) electrons. The summed E-state index contributed by atoms with van der Waals surface area (Å²) in [6.45, 7) is 2.37. The molecule has 88 valence electrons. The van der Waals surface area contributed by atoms with Gasteiger partial charge in [-0.1, -0.05) is 24.3 Å². The summed E-state index contributed by atoms with van der Waals surface area (Å²) in [5.74, 6) is 1.63. The highest BCUT2D eigenvalue weighted by molar-refractivity contribution is 5.87. The van der Waals surface area contributed by atoms with Gasteiger partial charge in [-0.2, -0.15) is 0 Å². The molecule has 0 saturated carbocycles. The molecule has 2 N–H and O–H groups in total. The zero-order valence-electron chi connectivity index (χ0n) is 9.95. The minimum absolute atomic E-state index is 0.576. The van der Waals surface area contributed by atoms with Crippen molar-refractivity contribution in [2.24, 2.45) is 11.8 Å². The predicted molar refractivity (Wildman–Crippen MR) is 70.9 cm³/mol. The van der Waals surface area contributed by atoms with Crippen LogP contribution in [0.3, 0.4) is 0 Å². The normalized spacial score (nSPS) is 34.1. The van der Waals surface area contributed by atoms with Gasteiger partial charge >= 0.3 is 0 Å². The summed E-state index contributed by atoms with van der Waals surface area (Å²) in [5.41, 5.74) is 4.31. The number of rotatable bonds is 0. The summed E-state index contributed by atoms with van der Waals surface area (Å²) in [4.78, 5) is 0. The third-order valence-corrected chi connectivity index (χ3v) is 4.55. The number of nitrogens with one attached hydrogen (secondary N) is 2. The van der Waals surface area contributed by atoms with Crippen molar-refractivity contribution in [2.75, 3.05) is 18.4 Å². The number of anilines is 1. The van der Waals surface area contributed by atoms with Crippen LogP contribution < -0.4 is 10.6 Å². The summed E-state index contributed by atoms with van der Waals surface area (Å²) < 4.78 is 0. The monoisotopic (exact) mass is 226 g/mol. The van der Waals surface area contributed by atoms with Crippen LogP contribution in [0.5, 0.6) is 0 Å². The Hall–Kier alpha value is -1.28. The van der Waals surface area contributed by atoms with Crippen LogP contribution in [0.25, 0.3) is 5.57 Å². The summed E-state index contributed by atoms with van der Waals surface area (Å²) in [6, 6.07) is 9.31. The molecule has 1 fully saturated rings. The van der Waals surface area contributed by atoms with E-state index in [9.17, 15) is 0 Å². The van der Waals surface area contributed by atoms with Crippen LogP contribution in [0.2, 0.25) is 0 Å². The summed E-state index contributed by atoms with van der Waals surface area (Å²) >= 11 is 0. The summed E-state index contributed by atoms with van der Waals surface area (Å²) in [7, 11) is 0. The van der Waals surface area contributed by atoms with E-state index in [1.54, 1.807) is 5.57 Å². The molecule has 2 heteroatoms. The second kappa shape index (κ2) is 3.61. The largest absolute Gasteiger partial charge is 0.378 e. The van der Waals surface area contributed by atoms with E-state index in [-0.39, 0.29) is 0 Å². The van der Waals surface area contributed by atoms with Crippen molar-refractivity contribution in [3.8, 4) is 0 Å². The van der Waals surface area contributed by atoms with E-state index >= 15 is 0 Å². The fourth-order valence-corrected chi connectivity index (χ4v) is 3.66. The maximum absolute atomic E-state index is 3.68. The Labute approximate surface area is 102 Å². The fourth-order valence-electron chi connectivity index (χ4n) is 3.66. The molecular weight excluding hydrogens is 208 g/mol. The average Bonchev–Trinajstić information content (AvgIpc) is 2.73. The van der Waals surface area contributed by atoms with Crippen molar-refractivity contribution in [3.05, 3.63) is 35.9 Å². The van der Waals surface area contributed by atoms with Crippen molar-refractivity contribution >= 4 is 11.3 Å². The van der Waals surface area contributed by atoms with E-state index in [1.807, 2.05) is 0 Å². The van der Waals surface area contributed by atoms with Gasteiger partial charge in [0.2, 0.25) is 0 Å². The number of benzene rings is 1. The maximum Gasteiger partial charge on any atom is 0.0520 e. The van der Waals surface area contributed by atoms with Gasteiger partial charge in [-0.05, 0) is 42.9 Å². The molecule has 2 aliphatic heterocycles. The number of hydrogen-bond acceptors (Lipinski definition) is 2. The molecule has 3 aliphatic rings. The molecule has 0 spiro atoms. The molecule has 3 atom stereocenters. The molecule has 1 saturated heterocycles. The van der Waals surface area contributed by atoms with Gasteiger partial charge in [-0.3, -0.25) is 0 Å². The first-order valence-electron chi connectivity index (χ1n) is 6.70. The van der Waals surface area contributed by atoms with E-state index in [4.69, 9.17) is 0 Å². The zero-order chi connectivity index (χ0) is 11.2. The van der Waals surface area contributed by atoms with E-state index in [1.165, 1.54) is 37.2 Å². The SMILES string of the molecule is C1=C2c3ccccc3NC2CC2CCNCC12. The fraction of sp³-hybridized carbons (Fsp3) is 0.467. The molecule has 0 amide bonds. The highest BCUT2D eigenvalue weighted by atomic mass is 15.0. The standard InChI is InChI=1S/C15H18N2/c1-2-4-14-12(3-1)13-7-11-9-16-6-5-10(11)8-15(13)17-14/h1-4,7,10-11,15-17H,5-6,8-9H2. The Bertz CT molecular complexity index is 478. The predicted octanol–water partition coefficient (Wildman–Crippen LogP) is 2.49. The average molecular weight is 226 g/mol. The van der Waals surface area contributed by atoms with Crippen molar-refractivity contribution < 1.29 is 0 Å². The Morgan fingerprint density at radius 2 is 2.12 bits per heavy atom. The Kier molecular flexibility index (Phi) is 2.06. The first-order chi connectivity index (χ1) is 8.42. The second-order valence-corrected chi connectivity index (χ2v) is 5.52. The summed E-state index contributed by atoms with van der Waals surface area (Å²) in [5, 5.41) is 7.20. The van der Waals surface area contributed by atoms with Crippen molar-refractivity contribution in [2.45, 2.75) is 18.9 Å². The van der Waals surface area contributed by atoms with Gasteiger partial charge in [-0.25, -0.2) is 0 Å². The lowest BCUT2D eigenvalue weighted by Gasteiger charge is -2.36. The van der Waals surface area contributed by atoms with Gasteiger partial charge in [0.05, 0.1) is 6.04 Å². The van der Waals surface area contributed by atoms with Crippen molar-refractivity contribution in [3.63, 3.8) is 0 Å². The molecule has 3 unspecified atom stereocenters. The number of fused-ring (bicyclic) bond motifs is 4. The molecule has 2 heterocycles. The van der Waals surface area contributed by atoms with Crippen LogP contribution in [0, 0.1) is 11.8 Å². The van der Waals surface area contributed by atoms with Crippen LogP contribution in [0.4, 0.5) is 5.69 Å². The number of hydrogen-bond donors (Lipinski definition) is 2. The smallest absolute Gasteiger partial charge is 0.0520 e. The lowest BCUT2D eigenvalue weighted by Crippen LogP contribution is -2.40. The molecule has 4 rings (SSSR count). The third kappa shape index (κ3) is 1.44. The van der Waals surface area contributed by atoms with Gasteiger partial charge in [0.15, 0.2) is 0 Å². The first-order valence-corrected chi connectivity index (χ1v) is 6.70. The molecular formula is C15H18N2. The van der Waals surface area contributed by atoms with E-state index in [0.29, 0.717) is 6.04 Å². The van der Waals surface area contributed by atoms with Gasteiger partial charge in [0.1, 0.15) is 0 Å². The van der Waals surface area contributed by atoms with Crippen molar-refractivity contribution in [1.29, 1.82) is 0 Å². The van der Waals surface area contributed by atoms with Gasteiger partial charge < -0.3 is 10.6 Å². The van der Waals surface area contributed by atoms with Crippen LogP contribution >= 0.6 is 0 Å². The van der Waals surface area contributed by atoms with Gasteiger partial charge in [0, 0.05) is 17.8 Å². The Balaban J connectivity index is 1.75. The highest BCUT2D eigenvalue weighted by Crippen LogP contribution is 2.44. The lowest BCUT2D eigenvalue weighted by molar-refractivity contribution is 0.273. The van der Waals surface area contributed by atoms with Gasteiger partial charge in [-0.15, -0.1) is 0 Å². The minimum Gasteiger partial charge on any atom is -0.378 e. The first kappa shape index (κ1) is 9.72. The minimum atomic E-state index is 0.576. The second-order valence-electron chi connectivity index (χ2n) is 5.52. The number of piperidine rings is 1. The molecule has 17 heavy (non-hydrogen) atoms. The maximum atomic E-state index is 3.68. The molecule has 1 aliphatic carbocycles. The molecule has 0 bridgehead atoms. The van der Waals surface area contributed by atoms with Crippen LogP contribution in [0.1, 0.15) is 18.4 Å². The Morgan fingerprint density at radius 3 is 3.12 bits per heavy atom. The van der Waals surface area contributed by atoms with Crippen LogP contribution in [-0.4, -0.2) is 19.1 Å². The summed E-state index contributed by atoms with van der Waals surface area (Å²) in [6.07, 6.45) is 5.18. The van der Waals surface area contributed by atoms with E-state index in [2.05, 4.69) is 41.0 Å².